The molecule has 26 nitrogen and oxygen atoms in total. The number of carboxylic acids is 1. The minimum Gasteiger partial charge on any atom is -0.490 e. The molecule has 0 aromatic heterocycles. The van der Waals surface area contributed by atoms with E-state index in [1.807, 2.05) is 6.07 Å². The summed E-state index contributed by atoms with van der Waals surface area (Å²) in [4.78, 5) is 73.2. The van der Waals surface area contributed by atoms with Crippen LogP contribution >= 0.6 is 104 Å². The zero-order chi connectivity index (χ0) is 76.2. The van der Waals surface area contributed by atoms with Gasteiger partial charge in [0.05, 0.1) is 69.5 Å². The van der Waals surface area contributed by atoms with Crippen LogP contribution in [0.1, 0.15) is 26.3 Å². The van der Waals surface area contributed by atoms with Crippen molar-refractivity contribution in [1.82, 2.24) is 0 Å². The second-order valence-corrected chi connectivity index (χ2v) is 23.1. The van der Waals surface area contributed by atoms with E-state index in [1.54, 1.807) is 54.6 Å². The maximum Gasteiger partial charge on any atom is 0.416 e. The number of nitrogens with zero attached hydrogens (tertiary/aromatic N) is 5. The number of carbonyl (C=O) groups excluding carboxylic acids is 1. The molecule has 0 aliphatic heterocycles. The number of para-hydroxylation sites is 1. The van der Waals surface area contributed by atoms with Crippen molar-refractivity contribution in [3.8, 4) is 63.2 Å². The molecule has 3 N–H and O–H groups in total. The summed E-state index contributed by atoms with van der Waals surface area (Å²) in [5.74, 6) is 0.212. The molecule has 0 unspecified atom stereocenters. The van der Waals surface area contributed by atoms with E-state index in [-0.39, 0.29) is 93.6 Å². The number of anilines is 1. The molecular weight excluding hydrogens is 1560 g/mol. The molecule has 0 spiro atoms. The fourth-order valence-corrected chi connectivity index (χ4v) is 10.1. The van der Waals surface area contributed by atoms with Gasteiger partial charge in [-0.3, -0.25) is 50.6 Å². The monoisotopic (exact) mass is 1600 g/mol. The van der Waals surface area contributed by atoms with Crippen molar-refractivity contribution in [3.05, 3.63) is 301 Å². The van der Waals surface area contributed by atoms with Crippen LogP contribution < -0.4 is 34.2 Å². The fourth-order valence-electron chi connectivity index (χ4n) is 7.85. The van der Waals surface area contributed by atoms with Gasteiger partial charge < -0.3 is 44.0 Å². The minimum atomic E-state index is -4.58. The van der Waals surface area contributed by atoms with Crippen LogP contribution in [0.4, 0.5) is 47.3 Å². The summed E-state index contributed by atoms with van der Waals surface area (Å²) < 4.78 is 74.4. The Morgan fingerprint density at radius 3 is 1.24 bits per heavy atom. The summed E-state index contributed by atoms with van der Waals surface area (Å²) in [5.41, 5.74) is 2.25. The molecule has 0 atom stereocenters. The fraction of sp³-hybridized carbons (Fsp3) is 0.0462. The lowest BCUT2D eigenvalue weighted by atomic mass is 10.1. The highest BCUT2D eigenvalue weighted by molar-refractivity contribution is 6.40. The molecule has 10 aromatic carbocycles. The zero-order valence-electron chi connectivity index (χ0n) is 51.5. The average molecular weight is 1600 g/mol. The number of methoxy groups -OCH3 is 2. The highest BCUT2D eigenvalue weighted by Gasteiger charge is 2.32. The van der Waals surface area contributed by atoms with E-state index >= 15 is 0 Å². The normalized spacial score (nSPS) is 10.4. The lowest BCUT2D eigenvalue weighted by molar-refractivity contribution is -0.385. The van der Waals surface area contributed by atoms with Gasteiger partial charge >= 0.3 is 23.8 Å². The third-order valence-corrected chi connectivity index (χ3v) is 15.1. The van der Waals surface area contributed by atoms with Gasteiger partial charge in [-0.15, -0.1) is 0 Å². The van der Waals surface area contributed by atoms with Crippen LogP contribution in [-0.4, -0.2) is 55.9 Å². The number of nitro benzene ring substituents is 5. The van der Waals surface area contributed by atoms with Gasteiger partial charge in [-0.25, -0.2) is 9.59 Å². The van der Waals surface area contributed by atoms with Crippen molar-refractivity contribution in [2.24, 2.45) is 0 Å². The number of nitro groups is 5. The second-order valence-electron chi connectivity index (χ2n) is 19.4. The lowest BCUT2D eigenvalue weighted by Gasteiger charge is -2.11. The Balaban J connectivity index is 0.000000203. The van der Waals surface area contributed by atoms with E-state index in [4.69, 9.17) is 144 Å². The molecule has 0 saturated heterocycles. The van der Waals surface area contributed by atoms with E-state index in [0.717, 1.165) is 43.5 Å². The first-order valence-corrected chi connectivity index (χ1v) is 31.0. The van der Waals surface area contributed by atoms with Crippen LogP contribution in [0.25, 0.3) is 0 Å². The Labute approximate surface area is 622 Å². The number of nitrogen functional groups attached to an aromatic ring is 1. The van der Waals surface area contributed by atoms with Gasteiger partial charge in [0, 0.05) is 69.7 Å². The first-order chi connectivity index (χ1) is 48.6. The molecule has 10 aromatic rings. The Kier molecular flexibility index (Phi) is 29.3. The van der Waals surface area contributed by atoms with Gasteiger partial charge in [0.25, 0.3) is 22.7 Å². The van der Waals surface area contributed by atoms with Gasteiger partial charge in [0.1, 0.15) is 73.6 Å². The molecule has 38 heteroatoms. The van der Waals surface area contributed by atoms with Crippen LogP contribution in [-0.2, 0) is 10.9 Å². The molecule has 0 aliphatic rings. The summed E-state index contributed by atoms with van der Waals surface area (Å²) in [5, 5.41) is 64.8. The van der Waals surface area contributed by atoms with Crippen molar-refractivity contribution in [1.29, 1.82) is 0 Å². The van der Waals surface area contributed by atoms with Gasteiger partial charge in [-0.1, -0.05) is 123 Å². The summed E-state index contributed by atoms with van der Waals surface area (Å²) >= 11 is 52.9. The summed E-state index contributed by atoms with van der Waals surface area (Å²) in [6.45, 7) is 0. The number of non-ortho nitro benzene ring substituents is 1. The summed E-state index contributed by atoms with van der Waals surface area (Å²) in [7, 11) is 2.48. The second kappa shape index (κ2) is 37.2. The van der Waals surface area contributed by atoms with Gasteiger partial charge in [-0.05, 0) is 115 Å². The Hall–Kier alpha value is -10.9. The van der Waals surface area contributed by atoms with Crippen molar-refractivity contribution in [3.63, 3.8) is 0 Å². The number of halogens is 12. The SMILES string of the molecule is COC(=O)c1cc(Oc2ccc(Cl)cc2Cl)ccc1[N+](=O)[O-].COc1cc(Oc2ccc(Cl)cc2Cl)ccc1[N+](=O)[O-].Nc1c([N+](=O)[O-])ccc(Oc2ccccc2)c1Cl.O=C(O)c1cc(Oc2ccc(C(F)(F)F)cc2Cl)ccc1[N+](=O)[O-].O=[N+]([O-])c1ccc(Oc2c(Cl)cc(Cl)cc2Cl)cc1. The van der Waals surface area contributed by atoms with E-state index in [1.165, 1.54) is 92.0 Å². The Morgan fingerprint density at radius 1 is 0.408 bits per heavy atom. The van der Waals surface area contributed by atoms with Crippen LogP contribution in [0.5, 0.6) is 63.2 Å². The van der Waals surface area contributed by atoms with Crippen LogP contribution in [0.15, 0.2) is 188 Å². The largest absolute Gasteiger partial charge is 0.490 e. The van der Waals surface area contributed by atoms with Crippen LogP contribution in [0.2, 0.25) is 45.2 Å². The smallest absolute Gasteiger partial charge is 0.416 e. The van der Waals surface area contributed by atoms with Crippen LogP contribution in [0.3, 0.4) is 0 Å². The number of esters is 1. The predicted molar refractivity (Wildman–Crippen MR) is 377 cm³/mol. The molecule has 0 saturated carbocycles. The number of rotatable bonds is 18. The van der Waals surface area contributed by atoms with Crippen LogP contribution in [0, 0.1) is 50.6 Å². The number of alkyl halides is 3. The molecule has 10 rings (SSSR count). The van der Waals surface area contributed by atoms with Crippen molar-refractivity contribution in [2.75, 3.05) is 20.0 Å². The quantitative estimate of drug-likeness (QED) is 0.0349. The number of hydrogen-bond donors (Lipinski definition) is 2. The summed E-state index contributed by atoms with van der Waals surface area (Å²) in [6.07, 6.45) is -4.58. The summed E-state index contributed by atoms with van der Waals surface area (Å²) in [6, 6.07) is 42.8. The zero-order valence-corrected chi connectivity index (χ0v) is 58.3. The molecule has 534 valence electrons. The third-order valence-electron chi connectivity index (χ3n) is 12.6. The number of nitrogens with two attached hydrogens (primary N) is 1. The molecular formula is C65H40Cl9F3N6O20. The number of carboxylic acid groups (broad SMARTS) is 1. The average Bonchev–Trinajstić information content (AvgIpc) is 1.84. The van der Waals surface area contributed by atoms with E-state index < -0.39 is 59.5 Å². The molecule has 0 radical (unpaired) electrons. The number of aromatic carboxylic acids is 1. The van der Waals surface area contributed by atoms with E-state index in [2.05, 4.69) is 4.74 Å². The topological polar surface area (TPSA) is 361 Å². The molecule has 103 heavy (non-hydrogen) atoms. The number of ether oxygens (including phenoxy) is 7. The molecule has 0 bridgehead atoms. The number of carbonyl (C=O) groups is 2. The van der Waals surface area contributed by atoms with Gasteiger partial charge in [0.15, 0.2) is 5.75 Å². The maximum atomic E-state index is 12.6. The first-order valence-electron chi connectivity index (χ1n) is 27.6. The van der Waals surface area contributed by atoms with Crippen molar-refractivity contribution in [2.45, 2.75) is 6.18 Å². The van der Waals surface area contributed by atoms with E-state index in [0.29, 0.717) is 54.9 Å². The highest BCUT2D eigenvalue weighted by atomic mass is 35.5. The standard InChI is InChI=1S/C14H9Cl2NO5.C14H7ClF3NO5.C13H9Cl2NO4.C12H6Cl3NO3.C12H9ClN2O3/c1-21-14(18)10-7-9(3-4-12(10)17(19)20)22-13-5-2-8(15)6-11(13)16;15-10-5-7(14(16,17)18)1-4-12(10)24-8-2-3-11(19(22)23)9(6-8)13(20)21;1-19-13-7-9(3-4-11(13)16(17)18)20-12-5-2-8(14)6-10(12)15;13-7-5-10(14)12(11(15)6-7)19-9-3-1-8(2-4-9)16(17)18;13-11-10(18-8-4-2-1-3-5-8)7-6-9(12(11)14)15(16)17/h2-7H,1H3;1-6H,(H,20,21);2-7H,1H3;1-6H;1-7H,14H2. The molecule has 0 fully saturated rings. The van der Waals surface area contributed by atoms with Crippen molar-refractivity contribution >= 4 is 150 Å². The molecule has 0 amide bonds. The third kappa shape index (κ3) is 23.3. The van der Waals surface area contributed by atoms with Crippen molar-refractivity contribution < 1.29 is 85.6 Å². The van der Waals surface area contributed by atoms with E-state index in [9.17, 15) is 73.3 Å². The lowest BCUT2D eigenvalue weighted by Crippen LogP contribution is -2.05. The minimum absolute atomic E-state index is 0.0272. The highest BCUT2D eigenvalue weighted by Crippen LogP contribution is 2.43. The Bertz CT molecular complexity index is 4820. The number of hydrogen-bond acceptors (Lipinski definition) is 20. The molecule has 0 heterocycles. The van der Waals surface area contributed by atoms with Gasteiger partial charge in [-0.2, -0.15) is 13.2 Å². The Morgan fingerprint density at radius 2 is 0.806 bits per heavy atom. The number of benzene rings is 10. The first kappa shape index (κ1) is 81.1. The predicted octanol–water partition coefficient (Wildman–Crippen LogP) is 22.9. The van der Waals surface area contributed by atoms with Gasteiger partial charge in [0.2, 0.25) is 5.75 Å². The maximum absolute atomic E-state index is 12.6. The molecule has 0 aliphatic carbocycles.